The van der Waals surface area contributed by atoms with E-state index in [1.807, 2.05) is 87.5 Å². The number of carbonyl (C=O) groups is 5. The Bertz CT molecular complexity index is 3060. The number of rotatable bonds is 16. The number of ketones is 1. The van der Waals surface area contributed by atoms with Gasteiger partial charge >= 0.3 is 12.2 Å². The van der Waals surface area contributed by atoms with Gasteiger partial charge in [-0.05, 0) is 111 Å². The summed E-state index contributed by atoms with van der Waals surface area (Å²) in [6.07, 6.45) is 2.86. The van der Waals surface area contributed by atoms with Crippen molar-refractivity contribution in [1.29, 1.82) is 0 Å². The van der Waals surface area contributed by atoms with Crippen molar-refractivity contribution in [3.8, 4) is 0 Å². The highest BCUT2D eigenvalue weighted by molar-refractivity contribution is 5.89. The van der Waals surface area contributed by atoms with E-state index in [0.29, 0.717) is 93.1 Å². The molecule has 19 heteroatoms. The Balaban J connectivity index is 1.04. The molecule has 4 aromatic carbocycles. The smallest absolute Gasteiger partial charge is 0.407 e. The largest absolute Gasteiger partial charge is 0.453 e. The average Bonchev–Trinajstić information content (AvgIpc) is 4.25. The normalized spacial score (nSPS) is 18.9. The number of H-pyrrole nitrogens is 2. The van der Waals surface area contributed by atoms with Crippen LogP contribution in [0.15, 0.2) is 78.9 Å². The van der Waals surface area contributed by atoms with Crippen LogP contribution in [0.25, 0.3) is 22.1 Å². The predicted molar refractivity (Wildman–Crippen MR) is 280 cm³/mol. The Kier molecular flexibility index (Phi) is 15.4. The van der Waals surface area contributed by atoms with Crippen molar-refractivity contribution in [2.24, 2.45) is 5.92 Å². The fraction of sp³-hybridized carbons (Fsp3) is 0.446. The maximum Gasteiger partial charge on any atom is 0.407 e. The number of alkyl carbamates (subject to hydrolysis) is 2. The number of aromatic amines is 2. The summed E-state index contributed by atoms with van der Waals surface area (Å²) in [6, 6.07) is 22.5. The number of hydrogen-bond donors (Lipinski definition) is 4. The first-order chi connectivity index (χ1) is 36.1. The first-order valence-corrected chi connectivity index (χ1v) is 25.9. The van der Waals surface area contributed by atoms with Crippen molar-refractivity contribution in [3.63, 3.8) is 0 Å². The minimum Gasteiger partial charge on any atom is -0.453 e. The van der Waals surface area contributed by atoms with Crippen molar-refractivity contribution < 1.29 is 42.2 Å². The van der Waals surface area contributed by atoms with Crippen LogP contribution in [0, 0.1) is 17.6 Å². The Labute approximate surface area is 434 Å². The molecule has 4 amide bonds. The molecular weight excluding hydrogens is 963 g/mol. The first-order valence-electron chi connectivity index (χ1n) is 25.9. The number of carbonyl (C=O) groups excluding carboxylic acids is 5. The molecule has 9 rings (SSSR count). The van der Waals surface area contributed by atoms with Gasteiger partial charge in [-0.2, -0.15) is 0 Å². The first kappa shape index (κ1) is 52.3. The average molecular weight is 1030 g/mol. The summed E-state index contributed by atoms with van der Waals surface area (Å²) in [7, 11) is 2.50. The standard InChI is InChI=1S/C56H66F2N10O7/c1-7-23-66(53(71)50(33(2)3)64-55(73)75-6)32-48-60-41-17-15-35(27-43(41)61-48)45-19-20-46(36-16-18-42-44(28-36)63-52(62-42)47-14-11-24-67(47)49(70)31-59-54(72)74-5)68(45)38-29-39(57)51(40(58)30-38)65-25-21-56(22-26-65,34(4)69)37-12-9-8-10-13-37/h8-10,12-13,15-18,27-30,33,45-47,50H,7,11,14,19-26,31-32H2,1-6H3,(H,59,72)(H,60,61)(H,62,63)(H,64,73)/t45-,46-,47+,50?/m1/s1. The van der Waals surface area contributed by atoms with Gasteiger partial charge in [-0.25, -0.2) is 28.3 Å². The lowest BCUT2D eigenvalue weighted by molar-refractivity contribution is -0.135. The second-order valence-electron chi connectivity index (χ2n) is 20.3. The monoisotopic (exact) mass is 1030 g/mol. The lowest BCUT2D eigenvalue weighted by Crippen LogP contribution is -2.51. The van der Waals surface area contributed by atoms with Gasteiger partial charge in [0.2, 0.25) is 11.8 Å². The number of benzene rings is 4. The van der Waals surface area contributed by atoms with E-state index in [4.69, 9.17) is 14.7 Å². The summed E-state index contributed by atoms with van der Waals surface area (Å²) in [5.41, 5.74) is 5.06. The van der Waals surface area contributed by atoms with Gasteiger partial charge in [-0.3, -0.25) is 14.4 Å². The maximum absolute atomic E-state index is 16.9. The minimum atomic E-state index is -0.803. The number of methoxy groups -OCH3 is 2. The quantitative estimate of drug-likeness (QED) is 0.0722. The van der Waals surface area contributed by atoms with Crippen molar-refractivity contribution in [2.75, 3.05) is 56.7 Å². The molecule has 4 N–H and O–H groups in total. The number of nitrogens with one attached hydrogen (secondary N) is 4. The third kappa shape index (κ3) is 10.6. The summed E-state index contributed by atoms with van der Waals surface area (Å²) in [5, 5.41) is 5.16. The van der Waals surface area contributed by atoms with E-state index in [0.717, 1.165) is 34.1 Å². The number of aromatic nitrogens is 4. The van der Waals surface area contributed by atoms with Crippen LogP contribution in [-0.2, 0) is 35.8 Å². The Morgan fingerprint density at radius 1 is 0.800 bits per heavy atom. The molecule has 17 nitrogen and oxygen atoms in total. The molecule has 6 aromatic rings. The number of hydrogen-bond acceptors (Lipinski definition) is 11. The second-order valence-corrected chi connectivity index (χ2v) is 20.3. The second kappa shape index (κ2) is 22.1. The number of imidazole rings is 2. The van der Waals surface area contributed by atoms with Gasteiger partial charge in [0.15, 0.2) is 11.6 Å². The number of ether oxygens (including phenoxy) is 2. The highest BCUT2D eigenvalue weighted by atomic mass is 19.1. The van der Waals surface area contributed by atoms with E-state index < -0.39 is 35.3 Å². The number of amides is 4. The molecule has 3 fully saturated rings. The van der Waals surface area contributed by atoms with Gasteiger partial charge < -0.3 is 49.7 Å². The molecule has 1 unspecified atom stereocenters. The number of nitrogens with zero attached hydrogens (tertiary/aromatic N) is 6. The summed E-state index contributed by atoms with van der Waals surface area (Å²) in [5.74, 6) is -0.882. The molecule has 3 aliphatic heterocycles. The van der Waals surface area contributed by atoms with Crippen LogP contribution in [0.2, 0.25) is 0 Å². The highest BCUT2D eigenvalue weighted by Crippen LogP contribution is 2.49. The zero-order valence-corrected chi connectivity index (χ0v) is 43.4. The van der Waals surface area contributed by atoms with E-state index in [1.54, 1.807) is 21.6 Å². The van der Waals surface area contributed by atoms with Crippen LogP contribution in [-0.4, -0.2) is 113 Å². The lowest BCUT2D eigenvalue weighted by atomic mass is 9.70. The van der Waals surface area contributed by atoms with Crippen LogP contribution < -0.4 is 20.4 Å². The molecule has 5 heterocycles. The molecule has 0 saturated carbocycles. The molecule has 0 radical (unpaired) electrons. The minimum absolute atomic E-state index is 0.0313. The molecule has 3 saturated heterocycles. The van der Waals surface area contributed by atoms with Crippen LogP contribution >= 0.6 is 0 Å². The van der Waals surface area contributed by atoms with Crippen molar-refractivity contribution in [3.05, 3.63) is 119 Å². The fourth-order valence-corrected chi connectivity index (χ4v) is 11.6. The molecule has 4 atom stereocenters. The highest BCUT2D eigenvalue weighted by Gasteiger charge is 2.43. The van der Waals surface area contributed by atoms with Gasteiger partial charge in [0, 0.05) is 31.9 Å². The van der Waals surface area contributed by atoms with Crippen molar-refractivity contribution in [2.45, 2.75) is 109 Å². The summed E-state index contributed by atoms with van der Waals surface area (Å²) in [6.45, 7) is 8.78. The van der Waals surface area contributed by atoms with Crippen LogP contribution in [0.3, 0.4) is 0 Å². The van der Waals surface area contributed by atoms with Gasteiger partial charge in [0.05, 0.1) is 66.4 Å². The number of likely N-dealkylation sites (tertiary alicyclic amines) is 1. The molecule has 0 aliphatic carbocycles. The maximum atomic E-state index is 16.9. The van der Waals surface area contributed by atoms with E-state index >= 15 is 8.78 Å². The van der Waals surface area contributed by atoms with Crippen LogP contribution in [0.4, 0.5) is 29.7 Å². The van der Waals surface area contributed by atoms with E-state index in [1.165, 1.54) is 26.4 Å². The van der Waals surface area contributed by atoms with Crippen molar-refractivity contribution in [1.82, 2.24) is 40.4 Å². The third-order valence-corrected chi connectivity index (χ3v) is 15.5. The predicted octanol–water partition coefficient (Wildman–Crippen LogP) is 9.07. The molecule has 396 valence electrons. The Morgan fingerprint density at radius 2 is 1.43 bits per heavy atom. The van der Waals surface area contributed by atoms with E-state index in [-0.39, 0.29) is 60.4 Å². The van der Waals surface area contributed by atoms with Gasteiger partial charge in [0.1, 0.15) is 35.7 Å². The number of Topliss-reactive ketones (excluding diaryl/α,β-unsaturated/α-hetero) is 1. The molecule has 75 heavy (non-hydrogen) atoms. The zero-order valence-electron chi connectivity index (χ0n) is 43.4. The fourth-order valence-electron chi connectivity index (χ4n) is 11.6. The van der Waals surface area contributed by atoms with Crippen molar-refractivity contribution >= 4 is 63.2 Å². The Morgan fingerprint density at radius 3 is 2.03 bits per heavy atom. The third-order valence-electron chi connectivity index (χ3n) is 15.5. The van der Waals surface area contributed by atoms with E-state index in [2.05, 4.69) is 30.2 Å². The summed E-state index contributed by atoms with van der Waals surface area (Å²) >= 11 is 0. The molecule has 3 aliphatic rings. The van der Waals surface area contributed by atoms with Crippen LogP contribution in [0.1, 0.15) is 119 Å². The lowest BCUT2D eigenvalue weighted by Gasteiger charge is -2.42. The SMILES string of the molecule is CCCN(Cc1nc2ccc([C@H]3CC[C@H](c4ccc5nc([C@@H]6CCCN6C(=O)CNC(=O)OC)[nH]c5c4)N3c3cc(F)c(N4CCC(C(C)=O)(c5ccccc5)CC4)c(F)c3)cc2[nH]1)C(=O)C(NC(=O)OC)C(C)C. The number of halogens is 2. The molecule has 0 spiro atoms. The van der Waals surface area contributed by atoms with Gasteiger partial charge in [-0.15, -0.1) is 0 Å². The number of anilines is 2. The van der Waals surface area contributed by atoms with Crippen LogP contribution in [0.5, 0.6) is 0 Å². The summed E-state index contributed by atoms with van der Waals surface area (Å²) in [4.78, 5) is 88.1. The van der Waals surface area contributed by atoms with Gasteiger partial charge in [0.25, 0.3) is 0 Å². The van der Waals surface area contributed by atoms with Gasteiger partial charge in [-0.1, -0.05) is 63.2 Å². The Hall–Kier alpha value is -7.57. The van der Waals surface area contributed by atoms with E-state index in [9.17, 15) is 24.0 Å². The topological polar surface area (TPSA) is 198 Å². The molecular formula is C56H66F2N10O7. The molecule has 2 aromatic heterocycles. The zero-order chi connectivity index (χ0) is 53.1. The summed E-state index contributed by atoms with van der Waals surface area (Å²) < 4.78 is 43.3. The number of fused-ring (bicyclic) bond motifs is 2. The number of piperidine rings is 1. The molecule has 0 bridgehead atoms.